The van der Waals surface area contributed by atoms with Crippen molar-refractivity contribution in [3.05, 3.63) is 78.6 Å². The molecule has 3 aromatic rings. The van der Waals surface area contributed by atoms with Crippen LogP contribution in [0.25, 0.3) is 0 Å². The van der Waals surface area contributed by atoms with Crippen molar-refractivity contribution in [3.63, 3.8) is 0 Å². The minimum absolute atomic E-state index is 0.00599. The fourth-order valence-electron chi connectivity index (χ4n) is 2.74. The molecule has 0 saturated heterocycles. The lowest BCUT2D eigenvalue weighted by molar-refractivity contribution is -0.117. The minimum atomic E-state index is -3.81. The van der Waals surface area contributed by atoms with Crippen LogP contribution >= 0.6 is 0 Å². The van der Waals surface area contributed by atoms with Gasteiger partial charge in [0.1, 0.15) is 0 Å². The van der Waals surface area contributed by atoms with Gasteiger partial charge < -0.3 is 5.32 Å². The highest BCUT2D eigenvalue weighted by Gasteiger charge is 2.19. The van der Waals surface area contributed by atoms with Gasteiger partial charge >= 0.3 is 0 Å². The maximum atomic E-state index is 12.6. The number of sulfonamides is 1. The van der Waals surface area contributed by atoms with Crippen molar-refractivity contribution in [2.24, 2.45) is 0 Å². The first-order valence-electron chi connectivity index (χ1n) is 8.75. The Labute approximate surface area is 163 Å². The van der Waals surface area contributed by atoms with Crippen LogP contribution in [0.2, 0.25) is 0 Å². The van der Waals surface area contributed by atoms with Gasteiger partial charge in [0.05, 0.1) is 10.8 Å². The second kappa shape index (κ2) is 8.62. The number of amides is 1. The van der Waals surface area contributed by atoms with E-state index in [1.54, 1.807) is 18.2 Å². The molecule has 1 aromatic heterocycles. The molecule has 7 nitrogen and oxygen atoms in total. The van der Waals surface area contributed by atoms with E-state index < -0.39 is 10.0 Å². The standard InChI is InChI=1S/C20H20N4O3S/c1-2-18(15-7-4-3-5-8-15)19(25)23-16-9-11-17(12-10-16)28(26,27)24-20-21-13-6-14-22-20/h3-14,18H,2H2,1H3,(H,23,25)(H,21,22,24)/t18-/m0/s1. The summed E-state index contributed by atoms with van der Waals surface area (Å²) in [6, 6.07) is 17.1. The van der Waals surface area contributed by atoms with Crippen molar-refractivity contribution >= 4 is 27.6 Å². The number of aromatic nitrogens is 2. The van der Waals surface area contributed by atoms with E-state index in [0.717, 1.165) is 5.56 Å². The lowest BCUT2D eigenvalue weighted by Gasteiger charge is -2.15. The van der Waals surface area contributed by atoms with Gasteiger partial charge in [-0.05, 0) is 42.3 Å². The van der Waals surface area contributed by atoms with Gasteiger partial charge in [-0.25, -0.2) is 23.1 Å². The lowest BCUT2D eigenvalue weighted by Crippen LogP contribution is -2.20. The highest BCUT2D eigenvalue weighted by atomic mass is 32.2. The predicted octanol–water partition coefficient (Wildman–Crippen LogP) is 3.41. The SMILES string of the molecule is CC[C@H](C(=O)Nc1ccc(S(=O)(=O)Nc2ncccn2)cc1)c1ccccc1. The Kier molecular flexibility index (Phi) is 6.00. The first-order valence-corrected chi connectivity index (χ1v) is 10.2. The van der Waals surface area contributed by atoms with E-state index in [1.807, 2.05) is 37.3 Å². The average Bonchev–Trinajstić information content (AvgIpc) is 2.70. The average molecular weight is 396 g/mol. The number of hydrogen-bond donors (Lipinski definition) is 2. The van der Waals surface area contributed by atoms with E-state index in [-0.39, 0.29) is 22.7 Å². The maximum absolute atomic E-state index is 12.6. The molecule has 28 heavy (non-hydrogen) atoms. The number of benzene rings is 2. The molecule has 1 atom stereocenters. The first kappa shape index (κ1) is 19.5. The number of rotatable bonds is 7. The number of hydrogen-bond acceptors (Lipinski definition) is 5. The summed E-state index contributed by atoms with van der Waals surface area (Å²) in [5.41, 5.74) is 1.46. The molecular formula is C20H20N4O3S. The van der Waals surface area contributed by atoms with E-state index in [4.69, 9.17) is 0 Å². The molecule has 0 radical (unpaired) electrons. The van der Waals surface area contributed by atoms with Crippen LogP contribution in [0.4, 0.5) is 11.6 Å². The molecule has 1 amide bonds. The Hall–Kier alpha value is -3.26. The summed E-state index contributed by atoms with van der Waals surface area (Å²) in [7, 11) is -3.81. The zero-order valence-electron chi connectivity index (χ0n) is 15.2. The summed E-state index contributed by atoms with van der Waals surface area (Å²) < 4.78 is 27.1. The first-order chi connectivity index (χ1) is 13.5. The molecule has 3 rings (SSSR count). The highest BCUT2D eigenvalue weighted by molar-refractivity contribution is 7.92. The third kappa shape index (κ3) is 4.72. The van der Waals surface area contributed by atoms with Crippen LogP contribution in [-0.2, 0) is 14.8 Å². The maximum Gasteiger partial charge on any atom is 0.264 e. The van der Waals surface area contributed by atoms with Crippen LogP contribution in [0.3, 0.4) is 0 Å². The fourth-order valence-corrected chi connectivity index (χ4v) is 3.69. The summed E-state index contributed by atoms with van der Waals surface area (Å²) in [5.74, 6) is -0.421. The normalized spacial score (nSPS) is 12.2. The molecule has 144 valence electrons. The number of carbonyl (C=O) groups excluding carboxylic acids is 1. The van der Waals surface area contributed by atoms with E-state index in [9.17, 15) is 13.2 Å². The predicted molar refractivity (Wildman–Crippen MR) is 107 cm³/mol. The van der Waals surface area contributed by atoms with E-state index in [0.29, 0.717) is 12.1 Å². The topological polar surface area (TPSA) is 101 Å². The number of nitrogens with zero attached hydrogens (tertiary/aromatic N) is 2. The van der Waals surface area contributed by atoms with Gasteiger partial charge in [-0.2, -0.15) is 0 Å². The van der Waals surface area contributed by atoms with Crippen molar-refractivity contribution < 1.29 is 13.2 Å². The largest absolute Gasteiger partial charge is 0.326 e. The molecule has 0 aliphatic rings. The van der Waals surface area contributed by atoms with Gasteiger partial charge in [-0.3, -0.25) is 4.79 Å². The second-order valence-corrected chi connectivity index (χ2v) is 7.75. The summed E-state index contributed by atoms with van der Waals surface area (Å²) in [6.45, 7) is 1.95. The molecule has 0 saturated carbocycles. The highest BCUT2D eigenvalue weighted by Crippen LogP contribution is 2.22. The quantitative estimate of drug-likeness (QED) is 0.637. The van der Waals surface area contributed by atoms with Crippen molar-refractivity contribution in [2.45, 2.75) is 24.2 Å². The van der Waals surface area contributed by atoms with E-state index in [1.165, 1.54) is 24.5 Å². The van der Waals surface area contributed by atoms with Crippen molar-refractivity contribution in [1.82, 2.24) is 9.97 Å². The Balaban J connectivity index is 1.71. The van der Waals surface area contributed by atoms with Crippen LogP contribution in [0.15, 0.2) is 78.0 Å². The smallest absolute Gasteiger partial charge is 0.264 e. The van der Waals surface area contributed by atoms with Gasteiger partial charge in [0.25, 0.3) is 10.0 Å². The molecular weight excluding hydrogens is 376 g/mol. The lowest BCUT2D eigenvalue weighted by atomic mass is 9.95. The zero-order valence-corrected chi connectivity index (χ0v) is 16.1. The molecule has 2 aromatic carbocycles. The van der Waals surface area contributed by atoms with Crippen LogP contribution in [-0.4, -0.2) is 24.3 Å². The molecule has 1 heterocycles. The zero-order chi connectivity index (χ0) is 20.0. The summed E-state index contributed by atoms with van der Waals surface area (Å²) in [5, 5.41) is 2.84. The van der Waals surface area contributed by atoms with E-state index in [2.05, 4.69) is 20.0 Å². The Morgan fingerprint density at radius 1 is 0.964 bits per heavy atom. The van der Waals surface area contributed by atoms with Gasteiger partial charge in [0.2, 0.25) is 11.9 Å². The molecule has 0 aliphatic heterocycles. The summed E-state index contributed by atoms with van der Waals surface area (Å²) in [4.78, 5) is 20.3. The Bertz CT molecular complexity index is 1020. The van der Waals surface area contributed by atoms with Crippen LogP contribution in [0.1, 0.15) is 24.8 Å². The third-order valence-electron chi connectivity index (χ3n) is 4.15. The number of anilines is 2. The van der Waals surface area contributed by atoms with Crippen molar-refractivity contribution in [3.8, 4) is 0 Å². The van der Waals surface area contributed by atoms with Crippen LogP contribution in [0, 0.1) is 0 Å². The molecule has 0 spiro atoms. The van der Waals surface area contributed by atoms with Crippen LogP contribution in [0.5, 0.6) is 0 Å². The summed E-state index contributed by atoms with van der Waals surface area (Å²) in [6.07, 6.45) is 3.55. The van der Waals surface area contributed by atoms with Gasteiger partial charge in [-0.15, -0.1) is 0 Å². The second-order valence-electron chi connectivity index (χ2n) is 6.06. The van der Waals surface area contributed by atoms with Gasteiger partial charge in [-0.1, -0.05) is 37.3 Å². The van der Waals surface area contributed by atoms with Gasteiger partial charge in [0, 0.05) is 18.1 Å². The molecule has 0 aliphatic carbocycles. The van der Waals surface area contributed by atoms with Crippen molar-refractivity contribution in [2.75, 3.05) is 10.0 Å². The van der Waals surface area contributed by atoms with Crippen molar-refractivity contribution in [1.29, 1.82) is 0 Å². The fraction of sp³-hybridized carbons (Fsp3) is 0.150. The monoisotopic (exact) mass is 396 g/mol. The number of carbonyl (C=O) groups is 1. The Morgan fingerprint density at radius 3 is 2.21 bits per heavy atom. The Morgan fingerprint density at radius 2 is 1.61 bits per heavy atom. The minimum Gasteiger partial charge on any atom is -0.326 e. The molecule has 0 bridgehead atoms. The molecule has 8 heteroatoms. The molecule has 0 unspecified atom stereocenters. The molecule has 0 fully saturated rings. The third-order valence-corrected chi connectivity index (χ3v) is 5.49. The van der Waals surface area contributed by atoms with E-state index >= 15 is 0 Å². The molecule has 2 N–H and O–H groups in total. The summed E-state index contributed by atoms with van der Waals surface area (Å²) >= 11 is 0. The van der Waals surface area contributed by atoms with Gasteiger partial charge in [0.15, 0.2) is 0 Å². The number of nitrogens with one attached hydrogen (secondary N) is 2. The van der Waals surface area contributed by atoms with Crippen LogP contribution < -0.4 is 10.0 Å².